The minimum Gasteiger partial charge on any atom is -0.491 e. The molecule has 128 valence electrons. The quantitative estimate of drug-likeness (QED) is 0.492. The van der Waals surface area contributed by atoms with Crippen molar-refractivity contribution in [2.75, 3.05) is 24.6 Å². The van der Waals surface area contributed by atoms with E-state index in [4.69, 9.17) is 21.7 Å². The lowest BCUT2D eigenvalue weighted by Crippen LogP contribution is -2.33. The highest BCUT2D eigenvalue weighted by atomic mass is 35.5. The van der Waals surface area contributed by atoms with Gasteiger partial charge >= 0.3 is 11.8 Å². The first-order valence-corrected chi connectivity index (χ1v) is 7.50. The molecule has 23 heavy (non-hydrogen) atoms. The summed E-state index contributed by atoms with van der Waals surface area (Å²) in [6, 6.07) is 2.45. The fourth-order valence-electron chi connectivity index (χ4n) is 1.97. The van der Waals surface area contributed by atoms with Crippen molar-refractivity contribution < 1.29 is 22.6 Å². The molecular weight excluding hydrogens is 335 g/mol. The van der Waals surface area contributed by atoms with E-state index in [1.54, 1.807) is 6.92 Å². The summed E-state index contributed by atoms with van der Waals surface area (Å²) < 4.78 is 49.3. The first kappa shape index (κ1) is 19.2. The molecular formula is C14H18ClF3N3O2+. The number of halogens is 4. The van der Waals surface area contributed by atoms with Crippen LogP contribution >= 0.6 is 11.6 Å². The van der Waals surface area contributed by atoms with Crippen molar-refractivity contribution >= 4 is 23.0 Å². The number of anilines is 1. The molecule has 5 nitrogen and oxygen atoms in total. The zero-order chi connectivity index (χ0) is 17.6. The van der Waals surface area contributed by atoms with Crippen LogP contribution in [0, 0.1) is 5.39 Å². The Morgan fingerprint density at radius 2 is 1.87 bits per heavy atom. The van der Waals surface area contributed by atoms with Gasteiger partial charge in [-0.15, -0.1) is 0 Å². The third-order valence-corrected chi connectivity index (χ3v) is 3.31. The van der Waals surface area contributed by atoms with E-state index in [2.05, 4.69) is 9.71 Å². The Balaban J connectivity index is 3.40. The van der Waals surface area contributed by atoms with Gasteiger partial charge in [0.15, 0.2) is 10.7 Å². The van der Waals surface area contributed by atoms with E-state index >= 15 is 0 Å². The maximum absolute atomic E-state index is 13.4. The first-order valence-electron chi connectivity index (χ1n) is 7.06. The average Bonchev–Trinajstić information content (AvgIpc) is 2.50. The molecule has 0 aliphatic rings. The molecule has 0 saturated heterocycles. The lowest BCUT2D eigenvalue weighted by molar-refractivity contribution is -0.198. The molecule has 1 aromatic rings. The van der Waals surface area contributed by atoms with Gasteiger partial charge in [-0.1, -0.05) is 11.6 Å². The Labute approximate surface area is 137 Å². The normalized spacial score (nSPS) is 12.4. The molecule has 1 aromatic carbocycles. The molecule has 1 atom stereocenters. The molecule has 0 aliphatic carbocycles. The number of alkyl halides is 4. The molecule has 0 radical (unpaired) electrons. The minimum atomic E-state index is -4.27. The van der Waals surface area contributed by atoms with Crippen molar-refractivity contribution in [3.8, 4) is 11.5 Å². The van der Waals surface area contributed by atoms with Gasteiger partial charge in [0.25, 0.3) is 5.63 Å². The number of hydrogen-bond acceptors (Lipinski definition) is 4. The molecule has 0 heterocycles. The van der Waals surface area contributed by atoms with Gasteiger partial charge in [-0.2, -0.15) is 8.78 Å². The van der Waals surface area contributed by atoms with Crippen LogP contribution in [0.5, 0.6) is 11.5 Å². The van der Waals surface area contributed by atoms with E-state index in [0.717, 1.165) is 0 Å². The van der Waals surface area contributed by atoms with Crippen LogP contribution in [0.1, 0.15) is 20.8 Å². The second-order valence-electron chi connectivity index (χ2n) is 4.46. The van der Waals surface area contributed by atoms with E-state index in [0.29, 0.717) is 31.1 Å². The Kier molecular flexibility index (Phi) is 6.76. The molecule has 0 saturated carbocycles. The molecule has 9 heteroatoms. The summed E-state index contributed by atoms with van der Waals surface area (Å²) in [7, 11) is 0. The molecule has 1 rings (SSSR count). The third kappa shape index (κ3) is 4.55. The van der Waals surface area contributed by atoms with Gasteiger partial charge in [-0.3, -0.25) is 0 Å². The number of rotatable bonds is 8. The van der Waals surface area contributed by atoms with Crippen LogP contribution < -0.4 is 14.4 Å². The zero-order valence-corrected chi connectivity index (χ0v) is 13.8. The SMILES string of the molecule is CCOc1cc([N+]#N)c(OC(F)(F)C(F)Cl)cc1N(CC)CC. The van der Waals surface area contributed by atoms with Gasteiger partial charge in [-0.25, -0.2) is 4.39 Å². The van der Waals surface area contributed by atoms with Crippen LogP contribution in [-0.4, -0.2) is 31.4 Å². The first-order chi connectivity index (χ1) is 10.8. The van der Waals surface area contributed by atoms with Gasteiger partial charge in [0.05, 0.1) is 18.4 Å². The Morgan fingerprint density at radius 1 is 1.26 bits per heavy atom. The highest BCUT2D eigenvalue weighted by Gasteiger charge is 2.44. The van der Waals surface area contributed by atoms with Crippen molar-refractivity contribution in [2.45, 2.75) is 32.5 Å². The van der Waals surface area contributed by atoms with Crippen molar-refractivity contribution in [2.24, 2.45) is 0 Å². The number of benzene rings is 1. The predicted molar refractivity (Wildman–Crippen MR) is 82.2 cm³/mol. The monoisotopic (exact) mass is 352 g/mol. The third-order valence-electron chi connectivity index (χ3n) is 3.05. The van der Waals surface area contributed by atoms with E-state index in [1.165, 1.54) is 12.1 Å². The molecule has 0 N–H and O–H groups in total. The molecule has 1 unspecified atom stereocenters. The van der Waals surface area contributed by atoms with Crippen LogP contribution in [0.15, 0.2) is 12.1 Å². The zero-order valence-electron chi connectivity index (χ0n) is 13.0. The largest absolute Gasteiger partial charge is 0.491 e. The standard InChI is InChI=1S/C14H18ClF3N3O2/c1-4-21(5-2)10-8-11(23-14(17,18)13(15)16)9(20-19)7-12(10)22-6-3/h7-8,13H,4-6H2,1-3H3/q+1. The van der Waals surface area contributed by atoms with Crippen molar-refractivity contribution in [1.82, 2.24) is 0 Å². The predicted octanol–water partition coefficient (Wildman–Crippen LogP) is 4.92. The smallest absolute Gasteiger partial charge is 0.444 e. The van der Waals surface area contributed by atoms with E-state index in [-0.39, 0.29) is 5.69 Å². The van der Waals surface area contributed by atoms with E-state index in [1.807, 2.05) is 18.7 Å². The molecule has 0 aromatic heterocycles. The maximum atomic E-state index is 13.4. The summed E-state index contributed by atoms with van der Waals surface area (Å²) in [5.41, 5.74) is -2.90. The topological polar surface area (TPSA) is 49.9 Å². The molecule has 0 fully saturated rings. The fraction of sp³-hybridized carbons (Fsp3) is 0.571. The van der Waals surface area contributed by atoms with Crippen LogP contribution in [0.4, 0.5) is 24.5 Å². The van der Waals surface area contributed by atoms with Gasteiger partial charge in [0, 0.05) is 19.2 Å². The van der Waals surface area contributed by atoms with Crippen LogP contribution in [0.2, 0.25) is 0 Å². The minimum absolute atomic E-state index is 0.318. The van der Waals surface area contributed by atoms with Crippen molar-refractivity contribution in [1.29, 1.82) is 5.39 Å². The molecule has 0 bridgehead atoms. The highest BCUT2D eigenvalue weighted by molar-refractivity contribution is 6.20. The summed E-state index contributed by atoms with van der Waals surface area (Å²) in [5.74, 6) is -0.173. The lowest BCUT2D eigenvalue weighted by atomic mass is 10.2. The number of hydrogen-bond donors (Lipinski definition) is 0. The summed E-state index contributed by atoms with van der Waals surface area (Å²) >= 11 is 4.78. The van der Waals surface area contributed by atoms with E-state index in [9.17, 15) is 13.2 Å². The second kappa shape index (κ2) is 8.11. The Morgan fingerprint density at radius 3 is 2.30 bits per heavy atom. The van der Waals surface area contributed by atoms with Crippen LogP contribution in [-0.2, 0) is 0 Å². The molecule has 0 aliphatic heterocycles. The summed E-state index contributed by atoms with van der Waals surface area (Å²) in [5, 5.41) is 8.99. The van der Waals surface area contributed by atoms with Crippen LogP contribution in [0.3, 0.4) is 0 Å². The van der Waals surface area contributed by atoms with Crippen molar-refractivity contribution in [3.05, 3.63) is 17.1 Å². The maximum Gasteiger partial charge on any atom is 0.444 e. The number of nitrogens with zero attached hydrogens (tertiary/aromatic N) is 3. The van der Waals surface area contributed by atoms with Gasteiger partial charge in [0.2, 0.25) is 11.1 Å². The Hall–Kier alpha value is -1.88. The summed E-state index contributed by atoms with van der Waals surface area (Å²) in [6.45, 7) is 6.96. The Bertz CT molecular complexity index is 575. The van der Waals surface area contributed by atoms with Crippen molar-refractivity contribution in [3.63, 3.8) is 0 Å². The number of diazo groups is 1. The summed E-state index contributed by atoms with van der Waals surface area (Å²) in [4.78, 5) is 4.71. The highest BCUT2D eigenvalue weighted by Crippen LogP contribution is 2.43. The van der Waals surface area contributed by atoms with Gasteiger partial charge in [-0.05, 0) is 20.8 Å². The second-order valence-corrected chi connectivity index (χ2v) is 4.84. The van der Waals surface area contributed by atoms with Crippen LogP contribution in [0.25, 0.3) is 4.98 Å². The van der Waals surface area contributed by atoms with Gasteiger partial charge in [0.1, 0.15) is 0 Å². The molecule has 0 amide bonds. The van der Waals surface area contributed by atoms with E-state index < -0.39 is 17.5 Å². The average molecular weight is 353 g/mol. The summed E-state index contributed by atoms with van der Waals surface area (Å²) in [6.07, 6.45) is -4.27. The number of ether oxygens (including phenoxy) is 2. The lowest BCUT2D eigenvalue weighted by Gasteiger charge is -2.24. The van der Waals surface area contributed by atoms with Gasteiger partial charge < -0.3 is 14.4 Å². The molecule has 0 spiro atoms. The fourth-order valence-corrected chi connectivity index (χ4v) is 2.02.